The summed E-state index contributed by atoms with van der Waals surface area (Å²) in [5.74, 6) is -0.318. The van der Waals surface area contributed by atoms with Gasteiger partial charge in [-0.1, -0.05) is 68.6 Å². The van der Waals surface area contributed by atoms with Crippen LogP contribution < -0.4 is 5.32 Å². The molecule has 0 saturated heterocycles. The van der Waals surface area contributed by atoms with E-state index in [0.29, 0.717) is 10.9 Å². The number of nitrogens with one attached hydrogen (secondary N) is 1. The number of carbonyl (C=O) groups is 2. The fourth-order valence-electron chi connectivity index (χ4n) is 4.07. The summed E-state index contributed by atoms with van der Waals surface area (Å²) >= 11 is 6.00. The maximum absolute atomic E-state index is 13.0. The van der Waals surface area contributed by atoms with Gasteiger partial charge in [0.25, 0.3) is 5.91 Å². The first-order chi connectivity index (χ1) is 14.0. The molecule has 2 aromatic rings. The first kappa shape index (κ1) is 21.4. The second kappa shape index (κ2) is 9.45. The number of anilines is 1. The molecular weight excluding hydrogens is 386 g/mol. The van der Waals surface area contributed by atoms with Crippen LogP contribution in [0, 0.1) is 0 Å². The van der Waals surface area contributed by atoms with E-state index < -0.39 is 5.41 Å². The summed E-state index contributed by atoms with van der Waals surface area (Å²) in [5.41, 5.74) is 2.09. The molecule has 1 aliphatic carbocycles. The molecule has 2 aromatic carbocycles. The van der Waals surface area contributed by atoms with Gasteiger partial charge in [0.15, 0.2) is 6.61 Å². The molecule has 1 atom stereocenters. The zero-order valence-corrected chi connectivity index (χ0v) is 17.8. The van der Waals surface area contributed by atoms with E-state index in [1.54, 1.807) is 12.1 Å². The summed E-state index contributed by atoms with van der Waals surface area (Å²) in [7, 11) is 0. The Kier molecular flexibility index (Phi) is 6.96. The maximum atomic E-state index is 13.0. The van der Waals surface area contributed by atoms with E-state index >= 15 is 0 Å². The summed E-state index contributed by atoms with van der Waals surface area (Å²) in [6.45, 7) is 3.95. The average Bonchev–Trinajstić information content (AvgIpc) is 3.23. The Morgan fingerprint density at radius 1 is 1.10 bits per heavy atom. The fourth-order valence-corrected chi connectivity index (χ4v) is 4.20. The van der Waals surface area contributed by atoms with Crippen molar-refractivity contribution >= 4 is 29.2 Å². The number of esters is 1. The van der Waals surface area contributed by atoms with Crippen LogP contribution in [-0.4, -0.2) is 18.5 Å². The molecule has 3 rings (SSSR count). The number of rotatable bonds is 7. The van der Waals surface area contributed by atoms with Gasteiger partial charge in [0, 0.05) is 10.7 Å². The number of hydrogen-bond donors (Lipinski definition) is 1. The van der Waals surface area contributed by atoms with Crippen molar-refractivity contribution in [3.63, 3.8) is 0 Å². The number of carbonyl (C=O) groups excluding carboxylic acids is 2. The van der Waals surface area contributed by atoms with E-state index in [4.69, 9.17) is 16.3 Å². The molecule has 1 amide bonds. The molecule has 1 aliphatic rings. The lowest BCUT2D eigenvalue weighted by molar-refractivity contribution is -0.153. The zero-order chi connectivity index (χ0) is 20.9. The largest absolute Gasteiger partial charge is 0.455 e. The van der Waals surface area contributed by atoms with Gasteiger partial charge in [-0.15, -0.1) is 0 Å². The lowest BCUT2D eigenvalue weighted by atomic mass is 9.79. The van der Waals surface area contributed by atoms with Gasteiger partial charge in [-0.3, -0.25) is 9.59 Å². The van der Waals surface area contributed by atoms with Crippen LogP contribution in [0.1, 0.15) is 63.0 Å². The standard InChI is InChI=1S/C24H28ClNO3/c1-3-17(2)20-8-4-5-9-21(20)26-22(27)16-29-23(28)24(14-6-7-15-24)18-10-12-19(25)13-11-18/h4-5,8-13,17H,3,6-7,14-16H2,1-2H3,(H,26,27)/t17-/m0/s1. The van der Waals surface area contributed by atoms with Crippen LogP contribution in [-0.2, 0) is 19.7 Å². The third kappa shape index (κ3) is 4.81. The van der Waals surface area contributed by atoms with Gasteiger partial charge in [-0.2, -0.15) is 0 Å². The Balaban J connectivity index is 1.67. The number of ether oxygens (including phenoxy) is 1. The Labute approximate surface area is 177 Å². The molecule has 0 unspecified atom stereocenters. The SMILES string of the molecule is CC[C@H](C)c1ccccc1NC(=O)COC(=O)C1(c2ccc(Cl)cc2)CCCC1. The second-order valence-corrected chi connectivity index (χ2v) is 8.25. The third-order valence-corrected chi connectivity index (χ3v) is 6.21. The summed E-state index contributed by atoms with van der Waals surface area (Å²) in [5, 5.41) is 3.53. The van der Waals surface area contributed by atoms with Crippen molar-refractivity contribution < 1.29 is 14.3 Å². The normalized spacial score (nSPS) is 16.2. The van der Waals surface area contributed by atoms with E-state index in [-0.39, 0.29) is 18.5 Å². The Bertz CT molecular complexity index is 857. The average molecular weight is 414 g/mol. The monoisotopic (exact) mass is 413 g/mol. The highest BCUT2D eigenvalue weighted by Gasteiger charge is 2.44. The minimum atomic E-state index is -0.681. The fraction of sp³-hybridized carbons (Fsp3) is 0.417. The lowest BCUT2D eigenvalue weighted by Gasteiger charge is -2.27. The Morgan fingerprint density at radius 2 is 1.76 bits per heavy atom. The van der Waals surface area contributed by atoms with E-state index in [2.05, 4.69) is 19.2 Å². The van der Waals surface area contributed by atoms with Gasteiger partial charge in [-0.05, 0) is 54.5 Å². The molecule has 0 aromatic heterocycles. The molecule has 154 valence electrons. The van der Waals surface area contributed by atoms with E-state index in [0.717, 1.165) is 48.9 Å². The van der Waals surface area contributed by atoms with Crippen molar-refractivity contribution in [3.8, 4) is 0 Å². The van der Waals surface area contributed by atoms with Crippen molar-refractivity contribution in [3.05, 3.63) is 64.7 Å². The number of halogens is 1. The molecule has 4 nitrogen and oxygen atoms in total. The summed E-state index contributed by atoms with van der Waals surface area (Å²) in [6.07, 6.45) is 4.36. The van der Waals surface area contributed by atoms with Gasteiger partial charge in [0.1, 0.15) is 0 Å². The quantitative estimate of drug-likeness (QED) is 0.579. The van der Waals surface area contributed by atoms with Gasteiger partial charge < -0.3 is 10.1 Å². The first-order valence-electron chi connectivity index (χ1n) is 10.3. The van der Waals surface area contributed by atoms with Crippen LogP contribution in [0.25, 0.3) is 0 Å². The van der Waals surface area contributed by atoms with Crippen molar-refractivity contribution in [1.82, 2.24) is 0 Å². The molecule has 0 aliphatic heterocycles. The summed E-state index contributed by atoms with van der Waals surface area (Å²) in [6, 6.07) is 15.1. The number of para-hydroxylation sites is 1. The molecule has 1 fully saturated rings. The van der Waals surface area contributed by atoms with Crippen LogP contribution in [0.2, 0.25) is 5.02 Å². The number of hydrogen-bond acceptors (Lipinski definition) is 3. The van der Waals surface area contributed by atoms with Crippen molar-refractivity contribution in [2.75, 3.05) is 11.9 Å². The minimum absolute atomic E-state index is 0.289. The molecular formula is C24H28ClNO3. The van der Waals surface area contributed by atoms with Crippen molar-refractivity contribution in [1.29, 1.82) is 0 Å². The highest BCUT2D eigenvalue weighted by Crippen LogP contribution is 2.42. The second-order valence-electron chi connectivity index (χ2n) is 7.82. The Hall–Kier alpha value is -2.33. The predicted octanol–water partition coefficient (Wildman–Crippen LogP) is 5.85. The first-order valence-corrected chi connectivity index (χ1v) is 10.7. The maximum Gasteiger partial charge on any atom is 0.317 e. The molecule has 0 radical (unpaired) electrons. The molecule has 0 heterocycles. The van der Waals surface area contributed by atoms with Gasteiger partial charge in [-0.25, -0.2) is 0 Å². The number of benzene rings is 2. The van der Waals surface area contributed by atoms with Crippen LogP contribution in [0.3, 0.4) is 0 Å². The highest BCUT2D eigenvalue weighted by molar-refractivity contribution is 6.30. The van der Waals surface area contributed by atoms with E-state index in [1.165, 1.54) is 0 Å². The topological polar surface area (TPSA) is 55.4 Å². The molecule has 29 heavy (non-hydrogen) atoms. The van der Waals surface area contributed by atoms with Crippen LogP contribution in [0.4, 0.5) is 5.69 Å². The predicted molar refractivity (Wildman–Crippen MR) is 116 cm³/mol. The van der Waals surface area contributed by atoms with Gasteiger partial charge in [0.2, 0.25) is 0 Å². The summed E-state index contributed by atoms with van der Waals surface area (Å²) in [4.78, 5) is 25.5. The summed E-state index contributed by atoms with van der Waals surface area (Å²) < 4.78 is 5.49. The zero-order valence-electron chi connectivity index (χ0n) is 17.0. The molecule has 0 spiro atoms. The minimum Gasteiger partial charge on any atom is -0.455 e. The van der Waals surface area contributed by atoms with Crippen molar-refractivity contribution in [2.24, 2.45) is 0 Å². The van der Waals surface area contributed by atoms with Gasteiger partial charge >= 0.3 is 5.97 Å². The highest BCUT2D eigenvalue weighted by atomic mass is 35.5. The smallest absolute Gasteiger partial charge is 0.317 e. The van der Waals surface area contributed by atoms with Crippen LogP contribution in [0.15, 0.2) is 48.5 Å². The number of amides is 1. The molecule has 5 heteroatoms. The van der Waals surface area contributed by atoms with Crippen LogP contribution >= 0.6 is 11.6 Å². The Morgan fingerprint density at radius 3 is 2.41 bits per heavy atom. The van der Waals surface area contributed by atoms with Crippen LogP contribution in [0.5, 0.6) is 0 Å². The van der Waals surface area contributed by atoms with E-state index in [9.17, 15) is 9.59 Å². The van der Waals surface area contributed by atoms with Gasteiger partial charge in [0.05, 0.1) is 5.41 Å². The molecule has 0 bridgehead atoms. The molecule has 1 N–H and O–H groups in total. The van der Waals surface area contributed by atoms with E-state index in [1.807, 2.05) is 36.4 Å². The van der Waals surface area contributed by atoms with Crippen molar-refractivity contribution in [2.45, 2.75) is 57.3 Å². The molecule has 1 saturated carbocycles. The third-order valence-electron chi connectivity index (χ3n) is 5.96. The lowest BCUT2D eigenvalue weighted by Crippen LogP contribution is -2.36.